The molecule has 1 saturated heterocycles. The molecule has 1 fully saturated rings. The molecule has 94 valence electrons. The molecule has 1 aromatic rings. The highest BCUT2D eigenvalue weighted by molar-refractivity contribution is 7.93. The van der Waals surface area contributed by atoms with E-state index < -0.39 is 10.0 Å². The van der Waals surface area contributed by atoms with Crippen LogP contribution in [0.4, 0.5) is 5.69 Å². The van der Waals surface area contributed by atoms with Crippen molar-refractivity contribution in [1.82, 2.24) is 0 Å². The molecule has 5 heteroatoms. The molecule has 2 atom stereocenters. The summed E-state index contributed by atoms with van der Waals surface area (Å²) < 4.78 is 25.3. The minimum Gasteiger partial charge on any atom is -0.324 e. The van der Waals surface area contributed by atoms with Crippen molar-refractivity contribution in [2.24, 2.45) is 11.7 Å². The molecule has 0 spiro atoms. The molecule has 0 unspecified atom stereocenters. The standard InChI is InChI=1S/C12H18N2O2S/c1-9-7-14(17(15,16)8-9)12-5-3-11(4-6-12)10(2)13/h3-6,9-10H,7-8,13H2,1-2H3/t9-,10-/m1/s1. The maximum absolute atomic E-state index is 11.9. The van der Waals surface area contributed by atoms with Crippen molar-refractivity contribution in [3.05, 3.63) is 29.8 Å². The van der Waals surface area contributed by atoms with Crippen molar-refractivity contribution in [3.8, 4) is 0 Å². The number of hydrogen-bond donors (Lipinski definition) is 1. The van der Waals surface area contributed by atoms with Crippen molar-refractivity contribution in [2.75, 3.05) is 16.6 Å². The van der Waals surface area contributed by atoms with Gasteiger partial charge in [-0.1, -0.05) is 19.1 Å². The number of rotatable bonds is 2. The van der Waals surface area contributed by atoms with E-state index in [4.69, 9.17) is 5.73 Å². The van der Waals surface area contributed by atoms with Crippen LogP contribution >= 0.6 is 0 Å². The van der Waals surface area contributed by atoms with Crippen LogP contribution in [0.5, 0.6) is 0 Å². The largest absolute Gasteiger partial charge is 0.324 e. The zero-order valence-corrected chi connectivity index (χ0v) is 10.9. The molecule has 0 amide bonds. The van der Waals surface area contributed by atoms with Crippen LogP contribution in [0.2, 0.25) is 0 Å². The molecular formula is C12H18N2O2S. The van der Waals surface area contributed by atoms with E-state index in [1.165, 1.54) is 4.31 Å². The van der Waals surface area contributed by atoms with Gasteiger partial charge in [-0.3, -0.25) is 4.31 Å². The van der Waals surface area contributed by atoms with E-state index in [1.807, 2.05) is 38.1 Å². The molecule has 1 aliphatic heterocycles. The summed E-state index contributed by atoms with van der Waals surface area (Å²) in [5.74, 6) is 0.426. The number of hydrogen-bond acceptors (Lipinski definition) is 3. The highest BCUT2D eigenvalue weighted by atomic mass is 32.2. The third-order valence-corrected chi connectivity index (χ3v) is 5.04. The number of anilines is 1. The van der Waals surface area contributed by atoms with Gasteiger partial charge in [0.1, 0.15) is 0 Å². The van der Waals surface area contributed by atoms with Gasteiger partial charge in [-0.2, -0.15) is 0 Å². The number of benzene rings is 1. The predicted octanol–water partition coefficient (Wildman–Crippen LogP) is 1.49. The maximum Gasteiger partial charge on any atom is 0.235 e. The van der Waals surface area contributed by atoms with Gasteiger partial charge in [-0.15, -0.1) is 0 Å². The average Bonchev–Trinajstić information content (AvgIpc) is 2.52. The summed E-state index contributed by atoms with van der Waals surface area (Å²) >= 11 is 0. The minimum atomic E-state index is -3.12. The number of nitrogens with two attached hydrogens (primary N) is 1. The van der Waals surface area contributed by atoms with Gasteiger partial charge in [0, 0.05) is 12.6 Å². The van der Waals surface area contributed by atoms with Crippen LogP contribution in [0.25, 0.3) is 0 Å². The number of sulfonamides is 1. The Hall–Kier alpha value is -1.07. The molecular weight excluding hydrogens is 236 g/mol. The molecule has 0 radical (unpaired) electrons. The van der Waals surface area contributed by atoms with Gasteiger partial charge in [-0.05, 0) is 30.5 Å². The topological polar surface area (TPSA) is 63.4 Å². The minimum absolute atomic E-state index is 0.0295. The Morgan fingerprint density at radius 1 is 1.35 bits per heavy atom. The van der Waals surface area contributed by atoms with Crippen LogP contribution in [0.3, 0.4) is 0 Å². The lowest BCUT2D eigenvalue weighted by atomic mass is 10.1. The van der Waals surface area contributed by atoms with Crippen LogP contribution < -0.4 is 10.0 Å². The fourth-order valence-electron chi connectivity index (χ4n) is 2.11. The summed E-state index contributed by atoms with van der Waals surface area (Å²) in [7, 11) is -3.12. The van der Waals surface area contributed by atoms with Crippen molar-refractivity contribution in [1.29, 1.82) is 0 Å². The van der Waals surface area contributed by atoms with Gasteiger partial charge in [0.15, 0.2) is 0 Å². The average molecular weight is 254 g/mol. The Morgan fingerprint density at radius 2 is 1.94 bits per heavy atom. The van der Waals surface area contributed by atoms with Gasteiger partial charge >= 0.3 is 0 Å². The van der Waals surface area contributed by atoms with E-state index in [-0.39, 0.29) is 17.7 Å². The van der Waals surface area contributed by atoms with Gasteiger partial charge in [0.2, 0.25) is 10.0 Å². The van der Waals surface area contributed by atoms with Crippen LogP contribution in [-0.2, 0) is 10.0 Å². The zero-order valence-electron chi connectivity index (χ0n) is 10.1. The lowest BCUT2D eigenvalue weighted by molar-refractivity contribution is 0.598. The second-order valence-corrected chi connectivity index (χ2v) is 6.73. The first-order chi connectivity index (χ1) is 7.90. The summed E-state index contributed by atoms with van der Waals surface area (Å²) in [6.07, 6.45) is 0. The summed E-state index contributed by atoms with van der Waals surface area (Å²) in [6, 6.07) is 7.40. The van der Waals surface area contributed by atoms with Crippen molar-refractivity contribution in [2.45, 2.75) is 19.9 Å². The van der Waals surface area contributed by atoms with E-state index in [9.17, 15) is 8.42 Å². The second kappa shape index (κ2) is 4.31. The first-order valence-corrected chi connectivity index (χ1v) is 7.37. The highest BCUT2D eigenvalue weighted by Crippen LogP contribution is 2.27. The lowest BCUT2D eigenvalue weighted by Crippen LogP contribution is -2.25. The first kappa shape index (κ1) is 12.4. The molecule has 2 N–H and O–H groups in total. The zero-order chi connectivity index (χ0) is 12.6. The van der Waals surface area contributed by atoms with Crippen molar-refractivity contribution in [3.63, 3.8) is 0 Å². The second-order valence-electron chi connectivity index (χ2n) is 4.80. The molecule has 0 bridgehead atoms. The monoisotopic (exact) mass is 254 g/mol. The SMILES string of the molecule is C[C@@H]1CN(c2ccc([C@@H](C)N)cc2)S(=O)(=O)C1. The summed E-state index contributed by atoms with van der Waals surface area (Å²) in [5, 5.41) is 0. The molecule has 0 saturated carbocycles. The van der Waals surface area contributed by atoms with Gasteiger partial charge < -0.3 is 5.73 Å². The molecule has 1 heterocycles. The van der Waals surface area contributed by atoms with Crippen molar-refractivity contribution < 1.29 is 8.42 Å². The van der Waals surface area contributed by atoms with Gasteiger partial charge in [0.05, 0.1) is 11.4 Å². The highest BCUT2D eigenvalue weighted by Gasteiger charge is 2.33. The summed E-state index contributed by atoms with van der Waals surface area (Å²) in [5.41, 5.74) is 7.51. The predicted molar refractivity (Wildman–Crippen MR) is 69.3 cm³/mol. The summed E-state index contributed by atoms with van der Waals surface area (Å²) in [6.45, 7) is 4.43. The third-order valence-electron chi connectivity index (χ3n) is 3.02. The number of nitrogens with zero attached hydrogens (tertiary/aromatic N) is 1. The van der Waals surface area contributed by atoms with E-state index in [0.29, 0.717) is 6.54 Å². The fraction of sp³-hybridized carbons (Fsp3) is 0.500. The Labute approximate surface area is 102 Å². The quantitative estimate of drug-likeness (QED) is 0.869. The molecule has 0 aliphatic carbocycles. The first-order valence-electron chi connectivity index (χ1n) is 5.76. The van der Waals surface area contributed by atoms with Gasteiger partial charge in [-0.25, -0.2) is 8.42 Å². The Morgan fingerprint density at radius 3 is 2.35 bits per heavy atom. The Balaban J connectivity index is 2.29. The molecule has 4 nitrogen and oxygen atoms in total. The summed E-state index contributed by atoms with van der Waals surface area (Å²) in [4.78, 5) is 0. The third kappa shape index (κ3) is 2.45. The molecule has 2 rings (SSSR count). The van der Waals surface area contributed by atoms with E-state index in [0.717, 1.165) is 11.3 Å². The molecule has 0 aromatic heterocycles. The Kier molecular flexibility index (Phi) is 3.14. The fourth-order valence-corrected chi connectivity index (χ4v) is 4.04. The normalized spacial score (nSPS) is 24.9. The van der Waals surface area contributed by atoms with Crippen molar-refractivity contribution >= 4 is 15.7 Å². The lowest BCUT2D eigenvalue weighted by Gasteiger charge is -2.17. The maximum atomic E-state index is 11.9. The van der Waals surface area contributed by atoms with Crippen LogP contribution in [0.1, 0.15) is 25.5 Å². The van der Waals surface area contributed by atoms with Crippen LogP contribution in [-0.4, -0.2) is 20.7 Å². The Bertz CT molecular complexity index is 494. The van der Waals surface area contributed by atoms with E-state index in [2.05, 4.69) is 0 Å². The van der Waals surface area contributed by atoms with Crippen LogP contribution in [0, 0.1) is 5.92 Å². The van der Waals surface area contributed by atoms with E-state index >= 15 is 0 Å². The molecule has 1 aliphatic rings. The smallest absolute Gasteiger partial charge is 0.235 e. The molecule has 17 heavy (non-hydrogen) atoms. The van der Waals surface area contributed by atoms with Crippen LogP contribution in [0.15, 0.2) is 24.3 Å². The van der Waals surface area contributed by atoms with E-state index in [1.54, 1.807) is 0 Å². The molecule has 1 aromatic carbocycles. The van der Waals surface area contributed by atoms with Gasteiger partial charge in [0.25, 0.3) is 0 Å².